The van der Waals surface area contributed by atoms with Gasteiger partial charge in [-0.2, -0.15) is 0 Å². The molecule has 1 heterocycles. The third-order valence-electron chi connectivity index (χ3n) is 3.96. The van der Waals surface area contributed by atoms with E-state index >= 15 is 0 Å². The van der Waals surface area contributed by atoms with Gasteiger partial charge in [-0.1, -0.05) is 6.92 Å². The van der Waals surface area contributed by atoms with Crippen molar-refractivity contribution in [1.82, 2.24) is 5.32 Å². The van der Waals surface area contributed by atoms with Crippen LogP contribution in [0.1, 0.15) is 46.7 Å². The average molecular weight is 345 g/mol. The van der Waals surface area contributed by atoms with Crippen LogP contribution in [0.5, 0.6) is 0 Å². The zero-order valence-electron chi connectivity index (χ0n) is 14.9. The predicted octanol–water partition coefficient (Wildman–Crippen LogP) is 3.41. The molecule has 0 radical (unpaired) electrons. The van der Waals surface area contributed by atoms with E-state index in [0.29, 0.717) is 23.9 Å². The Labute approximate surface area is 147 Å². The van der Waals surface area contributed by atoms with Crippen LogP contribution in [0.2, 0.25) is 0 Å². The summed E-state index contributed by atoms with van der Waals surface area (Å²) >= 11 is 0. The van der Waals surface area contributed by atoms with Crippen LogP contribution in [0, 0.1) is 0 Å². The van der Waals surface area contributed by atoms with Crippen molar-refractivity contribution in [1.29, 1.82) is 0 Å². The quantitative estimate of drug-likeness (QED) is 0.775. The minimum Gasteiger partial charge on any atom is -0.465 e. The number of ether oxygens (including phenoxy) is 2. The monoisotopic (exact) mass is 345 g/mol. The van der Waals surface area contributed by atoms with Crippen LogP contribution in [0.4, 0.5) is 0 Å². The first kappa shape index (κ1) is 18.7. The smallest absolute Gasteiger partial charge is 0.337 e. The summed E-state index contributed by atoms with van der Waals surface area (Å²) in [5.74, 6) is 0.282. The van der Waals surface area contributed by atoms with Gasteiger partial charge in [0.25, 0.3) is 0 Å². The zero-order chi connectivity index (χ0) is 18.4. The van der Waals surface area contributed by atoms with Gasteiger partial charge in [-0.3, -0.25) is 0 Å². The molecule has 2 aromatic rings. The van der Waals surface area contributed by atoms with Gasteiger partial charge >= 0.3 is 11.9 Å². The summed E-state index contributed by atoms with van der Waals surface area (Å²) in [4.78, 5) is 23.7. The van der Waals surface area contributed by atoms with Gasteiger partial charge in [-0.25, -0.2) is 9.59 Å². The maximum Gasteiger partial charge on any atom is 0.337 e. The van der Waals surface area contributed by atoms with Gasteiger partial charge in [0.1, 0.15) is 11.5 Å². The van der Waals surface area contributed by atoms with Crippen LogP contribution in [0.3, 0.4) is 0 Å². The van der Waals surface area contributed by atoms with Crippen molar-refractivity contribution in [3.63, 3.8) is 0 Å². The molecule has 0 spiro atoms. The summed E-state index contributed by atoms with van der Waals surface area (Å²) in [6.07, 6.45) is 1.03. The molecule has 0 bridgehead atoms. The fourth-order valence-corrected chi connectivity index (χ4v) is 2.29. The molecular weight excluding hydrogens is 322 g/mol. The molecule has 0 fully saturated rings. The highest BCUT2D eigenvalue weighted by atomic mass is 16.5. The van der Waals surface area contributed by atoms with Gasteiger partial charge in [-0.05, 0) is 43.7 Å². The Bertz CT molecular complexity index is 716. The SMILES string of the molecule is CC[C@H](C)NCc1ccc(-c2cc(C(=O)OC)cc(C(=O)OC)c2)o1. The number of furan rings is 1. The molecule has 25 heavy (non-hydrogen) atoms. The lowest BCUT2D eigenvalue weighted by atomic mass is 10.0. The molecule has 6 heteroatoms. The largest absolute Gasteiger partial charge is 0.465 e. The standard InChI is InChI=1S/C19H23NO5/c1-5-12(2)20-11-16-6-7-17(25-16)13-8-14(18(21)23-3)10-15(9-13)19(22)24-4/h6-10,12,20H,5,11H2,1-4H3/t12-/m0/s1. The Kier molecular flexibility index (Phi) is 6.36. The van der Waals surface area contributed by atoms with Crippen molar-refractivity contribution in [2.24, 2.45) is 0 Å². The van der Waals surface area contributed by atoms with Gasteiger partial charge in [0.15, 0.2) is 0 Å². The maximum absolute atomic E-state index is 11.9. The molecule has 1 aromatic carbocycles. The van der Waals surface area contributed by atoms with Crippen LogP contribution in [0.15, 0.2) is 34.7 Å². The van der Waals surface area contributed by atoms with E-state index in [1.165, 1.54) is 20.3 Å². The molecule has 0 saturated carbocycles. The van der Waals surface area contributed by atoms with Crippen molar-refractivity contribution in [3.8, 4) is 11.3 Å². The van der Waals surface area contributed by atoms with E-state index in [-0.39, 0.29) is 11.1 Å². The first-order valence-corrected chi connectivity index (χ1v) is 8.12. The number of rotatable bonds is 7. The molecule has 0 aliphatic carbocycles. The molecule has 0 aliphatic heterocycles. The first-order valence-electron chi connectivity index (χ1n) is 8.12. The number of methoxy groups -OCH3 is 2. The fourth-order valence-electron chi connectivity index (χ4n) is 2.29. The van der Waals surface area contributed by atoms with Crippen LogP contribution < -0.4 is 5.32 Å². The van der Waals surface area contributed by atoms with Crippen LogP contribution in [-0.4, -0.2) is 32.2 Å². The minimum absolute atomic E-state index is 0.260. The van der Waals surface area contributed by atoms with Crippen molar-refractivity contribution >= 4 is 11.9 Å². The van der Waals surface area contributed by atoms with Gasteiger partial charge in [0.05, 0.1) is 31.9 Å². The Hall–Kier alpha value is -2.60. The highest BCUT2D eigenvalue weighted by Crippen LogP contribution is 2.25. The number of benzene rings is 1. The highest BCUT2D eigenvalue weighted by molar-refractivity contribution is 5.97. The summed E-state index contributed by atoms with van der Waals surface area (Å²) in [6.45, 7) is 4.82. The number of esters is 2. The van der Waals surface area contributed by atoms with Crippen molar-refractivity contribution < 1.29 is 23.5 Å². The van der Waals surface area contributed by atoms with E-state index in [9.17, 15) is 9.59 Å². The summed E-state index contributed by atoms with van der Waals surface area (Å²) in [5, 5.41) is 3.35. The third kappa shape index (κ3) is 4.70. The number of carbonyl (C=O) groups excluding carboxylic acids is 2. The van der Waals surface area contributed by atoms with Crippen molar-refractivity contribution in [2.45, 2.75) is 32.9 Å². The van der Waals surface area contributed by atoms with Gasteiger partial charge in [0.2, 0.25) is 0 Å². The predicted molar refractivity (Wildman–Crippen MR) is 93.4 cm³/mol. The number of carbonyl (C=O) groups is 2. The molecule has 1 atom stereocenters. The lowest BCUT2D eigenvalue weighted by molar-refractivity contribution is 0.0599. The number of nitrogens with one attached hydrogen (secondary N) is 1. The molecule has 0 aliphatic rings. The van der Waals surface area contributed by atoms with Crippen LogP contribution >= 0.6 is 0 Å². The summed E-state index contributed by atoms with van der Waals surface area (Å²) in [6, 6.07) is 8.77. The van der Waals surface area contributed by atoms with E-state index in [2.05, 4.69) is 19.2 Å². The van der Waals surface area contributed by atoms with Crippen LogP contribution in [0.25, 0.3) is 11.3 Å². The first-order chi connectivity index (χ1) is 12.0. The van der Waals surface area contributed by atoms with E-state index < -0.39 is 11.9 Å². The Morgan fingerprint density at radius 2 is 1.68 bits per heavy atom. The molecule has 0 saturated heterocycles. The van der Waals surface area contributed by atoms with E-state index in [1.807, 2.05) is 12.1 Å². The minimum atomic E-state index is -0.530. The Balaban J connectivity index is 2.33. The molecule has 1 N–H and O–H groups in total. The summed E-state index contributed by atoms with van der Waals surface area (Å²) < 4.78 is 15.3. The van der Waals surface area contributed by atoms with Crippen LogP contribution in [-0.2, 0) is 16.0 Å². The normalized spacial score (nSPS) is 11.8. The Morgan fingerprint density at radius 1 is 1.08 bits per heavy atom. The molecular formula is C19H23NO5. The molecule has 6 nitrogen and oxygen atoms in total. The van der Waals surface area contributed by atoms with Crippen molar-refractivity contribution in [3.05, 3.63) is 47.2 Å². The van der Waals surface area contributed by atoms with Gasteiger partial charge < -0.3 is 19.2 Å². The Morgan fingerprint density at radius 3 is 2.20 bits per heavy atom. The lowest BCUT2D eigenvalue weighted by Gasteiger charge is -2.09. The van der Waals surface area contributed by atoms with Gasteiger partial charge in [0, 0.05) is 11.6 Å². The second-order valence-corrected chi connectivity index (χ2v) is 5.74. The van der Waals surface area contributed by atoms with E-state index in [0.717, 1.165) is 12.2 Å². The number of hydrogen-bond acceptors (Lipinski definition) is 6. The summed E-state index contributed by atoms with van der Waals surface area (Å²) in [5.41, 5.74) is 1.13. The number of hydrogen-bond donors (Lipinski definition) is 1. The highest BCUT2D eigenvalue weighted by Gasteiger charge is 2.16. The second kappa shape index (κ2) is 8.48. The molecule has 0 amide bonds. The molecule has 134 valence electrons. The van der Waals surface area contributed by atoms with E-state index in [1.54, 1.807) is 12.1 Å². The third-order valence-corrected chi connectivity index (χ3v) is 3.96. The molecule has 1 aromatic heterocycles. The second-order valence-electron chi connectivity index (χ2n) is 5.74. The molecule has 2 rings (SSSR count). The zero-order valence-corrected chi connectivity index (χ0v) is 14.9. The summed E-state index contributed by atoms with van der Waals surface area (Å²) in [7, 11) is 2.58. The fraction of sp³-hybridized carbons (Fsp3) is 0.368. The van der Waals surface area contributed by atoms with E-state index in [4.69, 9.17) is 13.9 Å². The average Bonchev–Trinajstić information content (AvgIpc) is 3.13. The molecule has 0 unspecified atom stereocenters. The van der Waals surface area contributed by atoms with Gasteiger partial charge in [-0.15, -0.1) is 0 Å². The topological polar surface area (TPSA) is 77.8 Å². The lowest BCUT2D eigenvalue weighted by Crippen LogP contribution is -2.24. The maximum atomic E-state index is 11.9. The van der Waals surface area contributed by atoms with Crippen molar-refractivity contribution in [2.75, 3.05) is 14.2 Å².